The molecule has 0 spiro atoms. The van der Waals surface area contributed by atoms with Crippen LogP contribution in [0.15, 0.2) is 12.1 Å². The normalized spacial score (nSPS) is 11.8. The summed E-state index contributed by atoms with van der Waals surface area (Å²) in [6.07, 6.45) is 1.62. The van der Waals surface area contributed by atoms with Crippen molar-refractivity contribution in [3.05, 3.63) is 27.6 Å². The number of carboxylic acid groups (broad SMARTS) is 1. The van der Waals surface area contributed by atoms with Gasteiger partial charge in [-0.1, -0.05) is 34.1 Å². The summed E-state index contributed by atoms with van der Waals surface area (Å²) in [6.45, 7) is 8.56. The van der Waals surface area contributed by atoms with Crippen LogP contribution in [-0.4, -0.2) is 16.1 Å². The van der Waals surface area contributed by atoms with Gasteiger partial charge in [-0.3, -0.25) is 0 Å². The Kier molecular flexibility index (Phi) is 4.30. The molecule has 0 aliphatic heterocycles. The first-order chi connectivity index (χ1) is 9.32. The monoisotopic (exact) mass is 309 g/mol. The van der Waals surface area contributed by atoms with Crippen LogP contribution >= 0.6 is 22.7 Å². The van der Waals surface area contributed by atoms with Gasteiger partial charge in [0.25, 0.3) is 0 Å². The van der Waals surface area contributed by atoms with E-state index in [9.17, 15) is 9.90 Å². The molecule has 0 aromatic carbocycles. The number of thiazole rings is 1. The lowest BCUT2D eigenvalue weighted by Gasteiger charge is -2.15. The number of carboxylic acids is 1. The van der Waals surface area contributed by atoms with E-state index in [1.165, 1.54) is 16.2 Å². The van der Waals surface area contributed by atoms with Crippen LogP contribution in [0.4, 0.5) is 0 Å². The van der Waals surface area contributed by atoms with Crippen LogP contribution in [-0.2, 0) is 11.8 Å². The summed E-state index contributed by atoms with van der Waals surface area (Å²) in [6, 6.07) is 4.16. The minimum atomic E-state index is -0.871. The number of nitrogens with zero attached hydrogens (tertiary/aromatic N) is 1. The first-order valence-electron chi connectivity index (χ1n) is 6.66. The van der Waals surface area contributed by atoms with Gasteiger partial charge in [0.2, 0.25) is 0 Å². The molecule has 0 fully saturated rings. The van der Waals surface area contributed by atoms with Gasteiger partial charge in [-0.15, -0.1) is 22.7 Å². The number of hydrogen-bond acceptors (Lipinski definition) is 4. The summed E-state index contributed by atoms with van der Waals surface area (Å²) < 4.78 is 0. The number of carbonyl (C=O) groups is 1. The second-order valence-electron chi connectivity index (χ2n) is 5.76. The summed E-state index contributed by atoms with van der Waals surface area (Å²) in [5.41, 5.74) is 0.827. The zero-order chi connectivity index (χ0) is 14.9. The number of thiophene rings is 1. The highest BCUT2D eigenvalue weighted by Crippen LogP contribution is 2.37. The maximum Gasteiger partial charge on any atom is 0.347 e. The molecule has 2 heterocycles. The first kappa shape index (κ1) is 15.2. The van der Waals surface area contributed by atoms with Crippen LogP contribution in [0.2, 0.25) is 0 Å². The van der Waals surface area contributed by atoms with Gasteiger partial charge >= 0.3 is 5.97 Å². The average Bonchev–Trinajstić information content (AvgIpc) is 2.93. The molecule has 2 rings (SSSR count). The van der Waals surface area contributed by atoms with Gasteiger partial charge in [-0.05, 0) is 24.0 Å². The predicted octanol–water partition coefficient (Wildman–Crippen LogP) is 4.82. The van der Waals surface area contributed by atoms with Crippen LogP contribution < -0.4 is 0 Å². The van der Waals surface area contributed by atoms with E-state index < -0.39 is 5.97 Å². The highest BCUT2D eigenvalue weighted by atomic mass is 32.1. The lowest BCUT2D eigenvalue weighted by atomic mass is 9.95. The van der Waals surface area contributed by atoms with E-state index in [2.05, 4.69) is 31.8 Å². The van der Waals surface area contributed by atoms with E-state index in [0.29, 0.717) is 10.6 Å². The summed E-state index contributed by atoms with van der Waals surface area (Å²) in [5, 5.41) is 10.1. The molecule has 1 N–H and O–H groups in total. The zero-order valence-electron chi connectivity index (χ0n) is 12.2. The average molecular weight is 309 g/mol. The molecule has 0 unspecified atom stereocenters. The lowest BCUT2D eigenvalue weighted by molar-refractivity contribution is 0.0700. The number of aryl methyl sites for hydroxylation is 1. The SMILES string of the molecule is CCCc1nc(-c2ccc(C(C)(C)C)s2)sc1C(=O)O. The molecule has 0 bridgehead atoms. The third kappa shape index (κ3) is 3.10. The molecule has 108 valence electrons. The van der Waals surface area contributed by atoms with Crippen molar-refractivity contribution in [1.29, 1.82) is 0 Å². The van der Waals surface area contributed by atoms with Crippen molar-refractivity contribution in [2.45, 2.75) is 46.0 Å². The molecule has 0 aliphatic rings. The predicted molar refractivity (Wildman–Crippen MR) is 85.1 cm³/mol. The Labute approximate surface area is 127 Å². The maximum atomic E-state index is 11.3. The lowest BCUT2D eigenvalue weighted by Crippen LogP contribution is -2.07. The fourth-order valence-corrected chi connectivity index (χ4v) is 3.96. The van der Waals surface area contributed by atoms with Crippen molar-refractivity contribution < 1.29 is 9.90 Å². The van der Waals surface area contributed by atoms with Gasteiger partial charge in [0, 0.05) is 4.88 Å². The Morgan fingerprint density at radius 1 is 1.30 bits per heavy atom. The molecule has 2 aromatic heterocycles. The molecule has 0 radical (unpaired) electrons. The molecule has 0 aliphatic carbocycles. The molecule has 0 atom stereocenters. The van der Waals surface area contributed by atoms with Crippen LogP contribution in [0.25, 0.3) is 9.88 Å². The van der Waals surface area contributed by atoms with Crippen LogP contribution in [0.5, 0.6) is 0 Å². The summed E-state index contributed by atoms with van der Waals surface area (Å²) >= 11 is 2.98. The molecule has 0 amide bonds. The largest absolute Gasteiger partial charge is 0.477 e. The summed E-state index contributed by atoms with van der Waals surface area (Å²) in [4.78, 5) is 18.5. The van der Waals surface area contributed by atoms with E-state index in [-0.39, 0.29) is 5.41 Å². The van der Waals surface area contributed by atoms with Crippen LogP contribution in [0.3, 0.4) is 0 Å². The van der Waals surface area contributed by atoms with Crippen LogP contribution in [0.1, 0.15) is 54.4 Å². The zero-order valence-corrected chi connectivity index (χ0v) is 13.8. The number of hydrogen-bond donors (Lipinski definition) is 1. The van der Waals surface area contributed by atoms with Crippen LogP contribution in [0, 0.1) is 0 Å². The number of rotatable bonds is 4. The van der Waals surface area contributed by atoms with Gasteiger partial charge in [-0.25, -0.2) is 9.78 Å². The van der Waals surface area contributed by atoms with E-state index in [1.54, 1.807) is 11.3 Å². The molecular weight excluding hydrogens is 290 g/mol. The Morgan fingerprint density at radius 2 is 2.00 bits per heavy atom. The minimum absolute atomic E-state index is 0.113. The molecule has 0 saturated heterocycles. The molecule has 2 aromatic rings. The fourth-order valence-electron chi connectivity index (χ4n) is 1.89. The Balaban J connectivity index is 2.40. The second kappa shape index (κ2) is 5.66. The van der Waals surface area contributed by atoms with Gasteiger partial charge in [0.1, 0.15) is 9.88 Å². The Bertz CT molecular complexity index is 620. The van der Waals surface area contributed by atoms with E-state index in [1.807, 2.05) is 13.0 Å². The van der Waals surface area contributed by atoms with Gasteiger partial charge in [0.15, 0.2) is 0 Å². The number of aromatic nitrogens is 1. The van der Waals surface area contributed by atoms with Crippen molar-refractivity contribution in [1.82, 2.24) is 4.98 Å². The number of aromatic carboxylic acids is 1. The van der Waals surface area contributed by atoms with Crippen molar-refractivity contribution in [3.63, 3.8) is 0 Å². The smallest absolute Gasteiger partial charge is 0.347 e. The van der Waals surface area contributed by atoms with E-state index in [0.717, 1.165) is 22.7 Å². The quantitative estimate of drug-likeness (QED) is 0.881. The molecule has 0 saturated carbocycles. The second-order valence-corrected chi connectivity index (χ2v) is 7.85. The van der Waals surface area contributed by atoms with E-state index in [4.69, 9.17) is 0 Å². The van der Waals surface area contributed by atoms with Crippen molar-refractivity contribution >= 4 is 28.6 Å². The van der Waals surface area contributed by atoms with Crippen molar-refractivity contribution in [3.8, 4) is 9.88 Å². The fraction of sp³-hybridized carbons (Fsp3) is 0.467. The third-order valence-corrected chi connectivity index (χ3v) is 5.70. The standard InChI is InChI=1S/C15H19NO2S2/c1-5-6-9-12(14(17)18)20-13(16-9)10-7-8-11(19-10)15(2,3)4/h7-8H,5-6H2,1-4H3,(H,17,18). The Morgan fingerprint density at radius 3 is 2.50 bits per heavy atom. The Hall–Kier alpha value is -1.20. The highest BCUT2D eigenvalue weighted by Gasteiger charge is 2.21. The molecule has 20 heavy (non-hydrogen) atoms. The van der Waals surface area contributed by atoms with Gasteiger partial charge < -0.3 is 5.11 Å². The van der Waals surface area contributed by atoms with E-state index >= 15 is 0 Å². The molecule has 3 nitrogen and oxygen atoms in total. The highest BCUT2D eigenvalue weighted by molar-refractivity contribution is 7.22. The summed E-state index contributed by atoms with van der Waals surface area (Å²) in [7, 11) is 0. The van der Waals surface area contributed by atoms with Gasteiger partial charge in [-0.2, -0.15) is 0 Å². The minimum Gasteiger partial charge on any atom is -0.477 e. The topological polar surface area (TPSA) is 50.2 Å². The molecular formula is C15H19NO2S2. The summed E-state index contributed by atoms with van der Waals surface area (Å²) in [5.74, 6) is -0.871. The maximum absolute atomic E-state index is 11.3. The van der Waals surface area contributed by atoms with Gasteiger partial charge in [0.05, 0.1) is 10.6 Å². The molecule has 5 heteroatoms. The van der Waals surface area contributed by atoms with Crippen molar-refractivity contribution in [2.75, 3.05) is 0 Å². The third-order valence-electron chi connectivity index (χ3n) is 2.93. The first-order valence-corrected chi connectivity index (χ1v) is 8.30. The van der Waals surface area contributed by atoms with Crippen molar-refractivity contribution in [2.24, 2.45) is 0 Å².